The minimum atomic E-state index is -0.189. The van der Waals surface area contributed by atoms with Gasteiger partial charge >= 0.3 is 11.9 Å². The number of hydrogen-bond acceptors (Lipinski definition) is 5. The van der Waals surface area contributed by atoms with Crippen molar-refractivity contribution >= 4 is 11.9 Å². The summed E-state index contributed by atoms with van der Waals surface area (Å²) in [7, 11) is 1.89. The summed E-state index contributed by atoms with van der Waals surface area (Å²) in [6.07, 6.45) is 0.801. The van der Waals surface area contributed by atoms with Crippen LogP contribution in [-0.2, 0) is 19.1 Å². The van der Waals surface area contributed by atoms with E-state index in [9.17, 15) is 9.59 Å². The standard InChI is InChI=1S/C11H21NO4/c1-4-10(13)15-8-6-12(3)7-9-16-11(14)5-2/h4-9H2,1-3H3. The van der Waals surface area contributed by atoms with Crippen molar-refractivity contribution in [3.05, 3.63) is 0 Å². The van der Waals surface area contributed by atoms with Crippen LogP contribution in [0.25, 0.3) is 0 Å². The van der Waals surface area contributed by atoms with Crippen LogP contribution in [0.15, 0.2) is 0 Å². The van der Waals surface area contributed by atoms with Crippen molar-refractivity contribution in [2.75, 3.05) is 33.4 Å². The average Bonchev–Trinajstić information content (AvgIpc) is 2.28. The Balaban J connectivity index is 3.41. The second-order valence-corrected chi connectivity index (χ2v) is 3.45. The molecule has 16 heavy (non-hydrogen) atoms. The van der Waals surface area contributed by atoms with Crippen LogP contribution in [0.1, 0.15) is 26.7 Å². The van der Waals surface area contributed by atoms with Crippen molar-refractivity contribution in [1.82, 2.24) is 4.90 Å². The fourth-order valence-electron chi connectivity index (χ4n) is 0.947. The van der Waals surface area contributed by atoms with Crippen molar-refractivity contribution in [2.45, 2.75) is 26.7 Å². The van der Waals surface area contributed by atoms with Gasteiger partial charge in [-0.1, -0.05) is 13.8 Å². The largest absolute Gasteiger partial charge is 0.464 e. The number of carbonyl (C=O) groups is 2. The summed E-state index contributed by atoms with van der Waals surface area (Å²) in [5, 5.41) is 0. The Hall–Kier alpha value is -1.10. The molecule has 0 aromatic carbocycles. The van der Waals surface area contributed by atoms with Gasteiger partial charge in [0, 0.05) is 25.9 Å². The SMILES string of the molecule is CCC(=O)OCCN(C)CCOC(=O)CC. The summed E-state index contributed by atoms with van der Waals surface area (Å²) in [5.41, 5.74) is 0. The van der Waals surface area contributed by atoms with Crippen LogP contribution in [0.4, 0.5) is 0 Å². The monoisotopic (exact) mass is 231 g/mol. The smallest absolute Gasteiger partial charge is 0.305 e. The van der Waals surface area contributed by atoms with Crippen LogP contribution in [0.5, 0.6) is 0 Å². The highest BCUT2D eigenvalue weighted by atomic mass is 16.5. The van der Waals surface area contributed by atoms with E-state index in [1.54, 1.807) is 13.8 Å². The quantitative estimate of drug-likeness (QED) is 0.579. The summed E-state index contributed by atoms with van der Waals surface area (Å²) in [5.74, 6) is -0.378. The molecular weight excluding hydrogens is 210 g/mol. The first-order valence-corrected chi connectivity index (χ1v) is 5.59. The molecule has 0 bridgehead atoms. The summed E-state index contributed by atoms with van der Waals surface area (Å²) < 4.78 is 9.84. The van der Waals surface area contributed by atoms with E-state index in [4.69, 9.17) is 9.47 Å². The van der Waals surface area contributed by atoms with Gasteiger partial charge in [0.1, 0.15) is 13.2 Å². The Kier molecular flexibility index (Phi) is 8.52. The second-order valence-electron chi connectivity index (χ2n) is 3.45. The van der Waals surface area contributed by atoms with Gasteiger partial charge in [0.05, 0.1) is 0 Å². The highest BCUT2D eigenvalue weighted by Gasteiger charge is 2.03. The molecule has 0 aliphatic rings. The van der Waals surface area contributed by atoms with Crippen molar-refractivity contribution in [3.63, 3.8) is 0 Å². The maximum Gasteiger partial charge on any atom is 0.305 e. The lowest BCUT2D eigenvalue weighted by atomic mass is 10.5. The van der Waals surface area contributed by atoms with Gasteiger partial charge in [-0.25, -0.2) is 0 Å². The number of hydrogen-bond donors (Lipinski definition) is 0. The third-order valence-electron chi connectivity index (χ3n) is 2.05. The Morgan fingerprint density at radius 2 is 1.31 bits per heavy atom. The Morgan fingerprint density at radius 1 is 0.938 bits per heavy atom. The molecule has 0 aromatic heterocycles. The molecule has 5 heteroatoms. The number of ether oxygens (including phenoxy) is 2. The molecule has 0 radical (unpaired) electrons. The van der Waals surface area contributed by atoms with Gasteiger partial charge in [-0.05, 0) is 7.05 Å². The number of carbonyl (C=O) groups excluding carboxylic acids is 2. The lowest BCUT2D eigenvalue weighted by molar-refractivity contribution is -0.143. The minimum absolute atomic E-state index is 0.189. The van der Waals surface area contributed by atoms with Crippen LogP contribution in [0, 0.1) is 0 Å². The zero-order valence-corrected chi connectivity index (χ0v) is 10.3. The van der Waals surface area contributed by atoms with E-state index in [2.05, 4.69) is 0 Å². The highest BCUT2D eigenvalue weighted by molar-refractivity contribution is 5.69. The number of likely N-dealkylation sites (N-methyl/N-ethyl adjacent to an activating group) is 1. The molecule has 0 saturated carbocycles. The van der Waals surface area contributed by atoms with E-state index in [1.807, 2.05) is 11.9 Å². The highest BCUT2D eigenvalue weighted by Crippen LogP contribution is 1.89. The molecule has 0 aliphatic heterocycles. The lowest BCUT2D eigenvalue weighted by Gasteiger charge is -2.16. The van der Waals surface area contributed by atoms with E-state index in [-0.39, 0.29) is 11.9 Å². The molecular formula is C11H21NO4. The fraction of sp³-hybridized carbons (Fsp3) is 0.818. The molecule has 0 rings (SSSR count). The van der Waals surface area contributed by atoms with Crippen LogP contribution in [-0.4, -0.2) is 50.2 Å². The Bertz CT molecular complexity index is 196. The van der Waals surface area contributed by atoms with Crippen molar-refractivity contribution in [2.24, 2.45) is 0 Å². The molecule has 0 atom stereocenters. The Morgan fingerprint density at radius 3 is 1.62 bits per heavy atom. The predicted octanol–water partition coefficient (Wildman–Crippen LogP) is 0.825. The fourth-order valence-corrected chi connectivity index (χ4v) is 0.947. The molecule has 0 saturated heterocycles. The van der Waals surface area contributed by atoms with Crippen LogP contribution >= 0.6 is 0 Å². The minimum Gasteiger partial charge on any atom is -0.464 e. The van der Waals surface area contributed by atoms with Crippen molar-refractivity contribution < 1.29 is 19.1 Å². The third-order valence-corrected chi connectivity index (χ3v) is 2.05. The number of rotatable bonds is 8. The summed E-state index contributed by atoms with van der Waals surface area (Å²) >= 11 is 0. The van der Waals surface area contributed by atoms with Gasteiger partial charge < -0.3 is 9.47 Å². The summed E-state index contributed by atoms with van der Waals surface area (Å²) in [6, 6.07) is 0. The van der Waals surface area contributed by atoms with Crippen LogP contribution in [0.2, 0.25) is 0 Å². The third kappa shape index (κ3) is 8.23. The first-order valence-electron chi connectivity index (χ1n) is 5.59. The molecule has 0 amide bonds. The predicted molar refractivity (Wildman–Crippen MR) is 60.0 cm³/mol. The first kappa shape index (κ1) is 14.9. The van der Waals surface area contributed by atoms with E-state index >= 15 is 0 Å². The maximum absolute atomic E-state index is 10.8. The van der Waals surface area contributed by atoms with Gasteiger partial charge in [0.2, 0.25) is 0 Å². The molecule has 0 N–H and O–H groups in total. The lowest BCUT2D eigenvalue weighted by Crippen LogP contribution is -2.28. The summed E-state index contributed by atoms with van der Waals surface area (Å²) in [6.45, 7) is 5.58. The molecule has 0 aliphatic carbocycles. The van der Waals surface area contributed by atoms with E-state index < -0.39 is 0 Å². The molecule has 5 nitrogen and oxygen atoms in total. The molecule has 94 valence electrons. The first-order chi connectivity index (χ1) is 7.60. The van der Waals surface area contributed by atoms with Crippen molar-refractivity contribution in [3.8, 4) is 0 Å². The van der Waals surface area contributed by atoms with Crippen molar-refractivity contribution in [1.29, 1.82) is 0 Å². The van der Waals surface area contributed by atoms with E-state index in [0.717, 1.165) is 0 Å². The van der Waals surface area contributed by atoms with Crippen LogP contribution in [0.3, 0.4) is 0 Å². The zero-order valence-electron chi connectivity index (χ0n) is 10.3. The molecule has 0 spiro atoms. The topological polar surface area (TPSA) is 55.8 Å². The maximum atomic E-state index is 10.8. The zero-order chi connectivity index (χ0) is 12.4. The molecule has 0 heterocycles. The number of nitrogens with zero attached hydrogens (tertiary/aromatic N) is 1. The van der Waals surface area contributed by atoms with Gasteiger partial charge in [-0.2, -0.15) is 0 Å². The Labute approximate surface area is 96.7 Å². The molecule has 0 fully saturated rings. The molecule has 0 aromatic rings. The number of esters is 2. The molecule has 0 unspecified atom stereocenters. The second kappa shape index (κ2) is 9.15. The van der Waals surface area contributed by atoms with Crippen LogP contribution < -0.4 is 0 Å². The van der Waals surface area contributed by atoms with Gasteiger partial charge in [0.25, 0.3) is 0 Å². The summed E-state index contributed by atoms with van der Waals surface area (Å²) in [4.78, 5) is 23.6. The van der Waals surface area contributed by atoms with Gasteiger partial charge in [-0.3, -0.25) is 14.5 Å². The normalized spacial score (nSPS) is 10.2. The van der Waals surface area contributed by atoms with E-state index in [0.29, 0.717) is 39.1 Å². The van der Waals surface area contributed by atoms with E-state index in [1.165, 1.54) is 0 Å². The van der Waals surface area contributed by atoms with Gasteiger partial charge in [-0.15, -0.1) is 0 Å². The average molecular weight is 231 g/mol. The van der Waals surface area contributed by atoms with Gasteiger partial charge in [0.15, 0.2) is 0 Å².